The third kappa shape index (κ3) is 4.87. The highest BCUT2D eigenvalue weighted by molar-refractivity contribution is 6.07. The zero-order valence-corrected chi connectivity index (χ0v) is 21.6. The third-order valence-electron chi connectivity index (χ3n) is 7.17. The Bertz CT molecular complexity index is 1520. The van der Waals surface area contributed by atoms with E-state index >= 15 is 0 Å². The molecule has 0 saturated heterocycles. The number of para-hydroxylation sites is 1. The van der Waals surface area contributed by atoms with Gasteiger partial charge in [-0.25, -0.2) is 4.39 Å². The maximum absolute atomic E-state index is 14.6. The lowest BCUT2D eigenvalue weighted by atomic mass is 9.91. The molecular formula is C30H29FN4O4. The smallest absolute Gasteiger partial charge is 0.255 e. The molecule has 9 heteroatoms. The first kappa shape index (κ1) is 24.8. The SMILES string of the molecule is COc1c(F)cccc1Nc1c2[nH]c3c1C(=O)NCC3CCCCOc1cccc(c1)COc1cnccc1-2. The predicted molar refractivity (Wildman–Crippen MR) is 145 cm³/mol. The summed E-state index contributed by atoms with van der Waals surface area (Å²) in [6, 6.07) is 14.4. The number of halogens is 1. The van der Waals surface area contributed by atoms with Crippen LogP contribution in [0.4, 0.5) is 15.8 Å². The van der Waals surface area contributed by atoms with E-state index in [9.17, 15) is 9.18 Å². The van der Waals surface area contributed by atoms with Gasteiger partial charge in [-0.05, 0) is 55.2 Å². The van der Waals surface area contributed by atoms with Crippen LogP contribution >= 0.6 is 0 Å². The van der Waals surface area contributed by atoms with Crippen LogP contribution in [0.2, 0.25) is 0 Å². The number of amides is 1. The number of carbonyl (C=O) groups is 1. The number of aromatic amines is 1. The zero-order valence-electron chi connectivity index (χ0n) is 21.6. The topological polar surface area (TPSA) is 97.5 Å². The number of nitrogens with zero attached hydrogens (tertiary/aromatic N) is 1. The van der Waals surface area contributed by atoms with Crippen molar-refractivity contribution in [2.24, 2.45) is 0 Å². The number of benzene rings is 2. The van der Waals surface area contributed by atoms with Gasteiger partial charge in [-0.15, -0.1) is 0 Å². The summed E-state index contributed by atoms with van der Waals surface area (Å²) < 4.78 is 32.2. The Labute approximate surface area is 225 Å². The predicted octanol–water partition coefficient (Wildman–Crippen LogP) is 5.94. The van der Waals surface area contributed by atoms with E-state index in [0.29, 0.717) is 48.1 Å². The number of ether oxygens (including phenoxy) is 3. The summed E-state index contributed by atoms with van der Waals surface area (Å²) in [7, 11) is 1.42. The lowest BCUT2D eigenvalue weighted by Gasteiger charge is -2.24. The molecule has 2 aromatic carbocycles. The molecule has 0 fully saturated rings. The fourth-order valence-electron chi connectivity index (χ4n) is 5.26. The first-order valence-corrected chi connectivity index (χ1v) is 13.0. The number of aromatic nitrogens is 2. The van der Waals surface area contributed by atoms with Gasteiger partial charge >= 0.3 is 0 Å². The Hall–Kier alpha value is -4.53. The van der Waals surface area contributed by atoms with E-state index in [-0.39, 0.29) is 17.6 Å². The molecule has 200 valence electrons. The number of hydrogen-bond donors (Lipinski definition) is 3. The van der Waals surface area contributed by atoms with E-state index in [2.05, 4.69) is 20.6 Å². The number of nitrogens with one attached hydrogen (secondary N) is 3. The number of H-pyrrole nitrogens is 1. The molecular weight excluding hydrogens is 499 g/mol. The molecule has 1 amide bonds. The van der Waals surface area contributed by atoms with Crippen molar-refractivity contribution < 1.29 is 23.4 Å². The third-order valence-corrected chi connectivity index (χ3v) is 7.17. The summed E-state index contributed by atoms with van der Waals surface area (Å²) in [4.78, 5) is 21.2. The van der Waals surface area contributed by atoms with Gasteiger partial charge in [0.2, 0.25) is 0 Å². The highest BCUT2D eigenvalue weighted by Gasteiger charge is 2.33. The molecule has 0 saturated carbocycles. The molecule has 39 heavy (non-hydrogen) atoms. The monoisotopic (exact) mass is 528 g/mol. The first-order valence-electron chi connectivity index (χ1n) is 13.0. The van der Waals surface area contributed by atoms with Crippen LogP contribution in [0.5, 0.6) is 17.2 Å². The fraction of sp³-hybridized carbons (Fsp3) is 0.267. The molecule has 2 aliphatic rings. The molecule has 6 rings (SSSR count). The van der Waals surface area contributed by atoms with Crippen molar-refractivity contribution in [3.05, 3.63) is 83.6 Å². The van der Waals surface area contributed by atoms with Gasteiger partial charge < -0.3 is 29.8 Å². The minimum absolute atomic E-state index is 0.0654. The maximum atomic E-state index is 14.6. The van der Waals surface area contributed by atoms with Crippen LogP contribution in [-0.2, 0) is 6.61 Å². The molecule has 1 atom stereocenters. The van der Waals surface area contributed by atoms with Gasteiger partial charge in [-0.3, -0.25) is 9.78 Å². The first-order chi connectivity index (χ1) is 19.1. The molecule has 4 heterocycles. The summed E-state index contributed by atoms with van der Waals surface area (Å²) in [5.41, 5.74) is 4.63. The fourth-order valence-corrected chi connectivity index (χ4v) is 5.26. The standard InChI is InChI=1S/C30H29FN4O4/c1-37-29-22(31)9-5-10-23(29)34-28-25-26-19(15-33-30(25)36)7-2-3-13-38-20-8-4-6-18(14-20)17-39-24-16-32-12-11-21(24)27(28)35-26/h4-6,8-12,14,16,19,34-35H,2-3,7,13,15,17H2,1H3,(H,33,36). The highest BCUT2D eigenvalue weighted by Crippen LogP contribution is 2.44. The molecule has 4 aromatic rings. The van der Waals surface area contributed by atoms with E-state index in [1.165, 1.54) is 13.2 Å². The number of anilines is 2. The van der Waals surface area contributed by atoms with Crippen molar-refractivity contribution in [2.75, 3.05) is 25.6 Å². The van der Waals surface area contributed by atoms with Gasteiger partial charge in [0.15, 0.2) is 11.6 Å². The number of rotatable bonds is 3. The van der Waals surface area contributed by atoms with Crippen LogP contribution in [0.1, 0.15) is 46.8 Å². The van der Waals surface area contributed by atoms with Gasteiger partial charge in [0.05, 0.1) is 42.5 Å². The van der Waals surface area contributed by atoms with Crippen LogP contribution in [-0.4, -0.2) is 36.1 Å². The van der Waals surface area contributed by atoms with Gasteiger partial charge in [0.1, 0.15) is 18.1 Å². The minimum atomic E-state index is -0.501. The van der Waals surface area contributed by atoms with Crippen molar-refractivity contribution >= 4 is 17.3 Å². The molecule has 8 nitrogen and oxygen atoms in total. The maximum Gasteiger partial charge on any atom is 0.255 e. The van der Waals surface area contributed by atoms with Gasteiger partial charge in [-0.2, -0.15) is 0 Å². The Morgan fingerprint density at radius 1 is 1.13 bits per heavy atom. The van der Waals surface area contributed by atoms with Crippen LogP contribution in [0.3, 0.4) is 0 Å². The Balaban J connectivity index is 1.50. The zero-order chi connectivity index (χ0) is 26.8. The molecule has 0 spiro atoms. The van der Waals surface area contributed by atoms with E-state index in [1.54, 1.807) is 24.5 Å². The highest BCUT2D eigenvalue weighted by atomic mass is 19.1. The van der Waals surface area contributed by atoms with Gasteiger partial charge in [0.25, 0.3) is 5.91 Å². The molecule has 3 N–H and O–H groups in total. The summed E-state index contributed by atoms with van der Waals surface area (Å²) in [5, 5.41) is 6.36. The molecule has 2 aromatic heterocycles. The van der Waals surface area contributed by atoms with Crippen LogP contribution in [0.15, 0.2) is 60.9 Å². The van der Waals surface area contributed by atoms with Gasteiger partial charge in [-0.1, -0.05) is 18.2 Å². The number of methoxy groups -OCH3 is 1. The quantitative estimate of drug-likeness (QED) is 0.305. The van der Waals surface area contributed by atoms with E-state index in [0.717, 1.165) is 41.8 Å². The largest absolute Gasteiger partial charge is 0.494 e. The van der Waals surface area contributed by atoms with E-state index in [4.69, 9.17) is 14.2 Å². The molecule has 4 bridgehead atoms. The Morgan fingerprint density at radius 3 is 2.92 bits per heavy atom. The van der Waals surface area contributed by atoms with Crippen molar-refractivity contribution in [3.63, 3.8) is 0 Å². The summed E-state index contributed by atoms with van der Waals surface area (Å²) in [5.74, 6) is 0.791. The lowest BCUT2D eigenvalue weighted by Crippen LogP contribution is -2.35. The molecule has 1 unspecified atom stereocenters. The summed E-state index contributed by atoms with van der Waals surface area (Å²) in [6.07, 6.45) is 6.01. The average molecular weight is 529 g/mol. The number of hydrogen-bond acceptors (Lipinski definition) is 6. The number of pyridine rings is 1. The van der Waals surface area contributed by atoms with Crippen LogP contribution in [0, 0.1) is 5.82 Å². The van der Waals surface area contributed by atoms with Crippen LogP contribution < -0.4 is 24.8 Å². The second-order valence-electron chi connectivity index (χ2n) is 9.67. The minimum Gasteiger partial charge on any atom is -0.494 e. The van der Waals surface area contributed by atoms with Crippen molar-refractivity contribution in [2.45, 2.75) is 31.8 Å². The van der Waals surface area contributed by atoms with Crippen LogP contribution in [0.25, 0.3) is 11.3 Å². The average Bonchev–Trinajstić information content (AvgIpc) is 3.33. The van der Waals surface area contributed by atoms with E-state index in [1.807, 2.05) is 30.3 Å². The second kappa shape index (κ2) is 10.7. The van der Waals surface area contributed by atoms with E-state index < -0.39 is 5.82 Å². The lowest BCUT2D eigenvalue weighted by molar-refractivity contribution is 0.0939. The number of fused-ring (bicyclic) bond motifs is 5. The van der Waals surface area contributed by atoms with Crippen molar-refractivity contribution in [1.29, 1.82) is 0 Å². The van der Waals surface area contributed by atoms with Gasteiger partial charge in [0, 0.05) is 29.9 Å². The molecule has 0 radical (unpaired) electrons. The summed E-state index contributed by atoms with van der Waals surface area (Å²) in [6.45, 7) is 1.43. The normalized spacial score (nSPS) is 16.8. The Morgan fingerprint density at radius 2 is 2.03 bits per heavy atom. The molecule has 2 aliphatic heterocycles. The Kier molecular flexibility index (Phi) is 6.79. The second-order valence-corrected chi connectivity index (χ2v) is 9.67. The molecule has 0 aliphatic carbocycles. The van der Waals surface area contributed by atoms with Crippen molar-refractivity contribution in [1.82, 2.24) is 15.3 Å². The number of carbonyl (C=O) groups excluding carboxylic acids is 1. The van der Waals surface area contributed by atoms with Crippen molar-refractivity contribution in [3.8, 4) is 28.5 Å². The summed E-state index contributed by atoms with van der Waals surface area (Å²) >= 11 is 0.